The van der Waals surface area contributed by atoms with Crippen molar-refractivity contribution in [3.8, 4) is 0 Å². The minimum Gasteiger partial charge on any atom is -0.460 e. The van der Waals surface area contributed by atoms with Crippen molar-refractivity contribution in [2.45, 2.75) is 109 Å². The second kappa shape index (κ2) is 10.00. The van der Waals surface area contributed by atoms with Crippen LogP contribution in [0.15, 0.2) is 16.5 Å². The number of amides is 2. The van der Waals surface area contributed by atoms with Gasteiger partial charge in [-0.05, 0) is 59.5 Å². The van der Waals surface area contributed by atoms with E-state index in [2.05, 4.69) is 17.3 Å². The van der Waals surface area contributed by atoms with E-state index in [9.17, 15) is 9.59 Å². The van der Waals surface area contributed by atoms with Gasteiger partial charge in [-0.1, -0.05) is 38.5 Å². The number of aromatic nitrogens is 1. The fourth-order valence-electron chi connectivity index (χ4n) is 6.58. The topological polar surface area (TPSA) is 70.7 Å². The average molecular weight is 483 g/mol. The highest BCUT2D eigenvalue weighted by Crippen LogP contribution is 2.34. The van der Waals surface area contributed by atoms with E-state index in [-0.39, 0.29) is 17.9 Å². The Morgan fingerprint density at radius 2 is 1.80 bits per heavy atom. The van der Waals surface area contributed by atoms with Gasteiger partial charge in [-0.3, -0.25) is 9.59 Å². The predicted octanol–water partition coefficient (Wildman–Crippen LogP) is 4.86. The summed E-state index contributed by atoms with van der Waals surface area (Å²) >= 11 is 0. The highest BCUT2D eigenvalue weighted by molar-refractivity contribution is 6.03. The molecule has 0 unspecified atom stereocenters. The van der Waals surface area contributed by atoms with E-state index in [1.807, 2.05) is 35.4 Å². The maximum absolute atomic E-state index is 13.8. The summed E-state index contributed by atoms with van der Waals surface area (Å²) in [6.45, 7) is 5.85. The van der Waals surface area contributed by atoms with Gasteiger partial charge in [-0.2, -0.15) is 0 Å². The van der Waals surface area contributed by atoms with Crippen LogP contribution in [0.25, 0.3) is 11.1 Å². The molecule has 0 bridgehead atoms. The van der Waals surface area contributed by atoms with Crippen LogP contribution in [0.2, 0.25) is 0 Å². The van der Waals surface area contributed by atoms with E-state index in [4.69, 9.17) is 4.42 Å². The molecule has 1 aliphatic heterocycles. The van der Waals surface area contributed by atoms with Gasteiger partial charge < -0.3 is 24.1 Å². The molecule has 0 saturated heterocycles. The Labute approximate surface area is 209 Å². The van der Waals surface area contributed by atoms with Crippen LogP contribution in [0.1, 0.15) is 93.8 Å². The number of nitrogens with zero attached hydrogens (tertiary/aromatic N) is 3. The highest BCUT2D eigenvalue weighted by Gasteiger charge is 2.48. The zero-order valence-corrected chi connectivity index (χ0v) is 21.8. The molecule has 192 valence electrons. The van der Waals surface area contributed by atoms with Crippen molar-refractivity contribution in [3.05, 3.63) is 23.6 Å². The Hall–Kier alpha value is -2.28. The van der Waals surface area contributed by atoms with Crippen molar-refractivity contribution in [2.24, 2.45) is 0 Å². The van der Waals surface area contributed by atoms with E-state index in [0.29, 0.717) is 24.8 Å². The van der Waals surface area contributed by atoms with E-state index < -0.39 is 5.54 Å². The molecule has 0 radical (unpaired) electrons. The van der Waals surface area contributed by atoms with Crippen LogP contribution < -0.4 is 5.32 Å². The lowest BCUT2D eigenvalue weighted by atomic mass is 9.91. The Balaban J connectivity index is 1.37. The maximum atomic E-state index is 13.8. The maximum Gasteiger partial charge on any atom is 0.271 e. The summed E-state index contributed by atoms with van der Waals surface area (Å²) in [7, 11) is 2.21. The molecular formula is C28H42N4O3. The molecule has 0 aromatic carbocycles. The summed E-state index contributed by atoms with van der Waals surface area (Å²) in [5, 5.41) is 3.33. The second-order valence-corrected chi connectivity index (χ2v) is 11.4. The molecule has 0 spiro atoms. The van der Waals surface area contributed by atoms with Gasteiger partial charge >= 0.3 is 0 Å². The van der Waals surface area contributed by atoms with E-state index in [1.54, 1.807) is 0 Å². The number of fused-ring (bicyclic) bond motifs is 3. The Bertz CT molecular complexity index is 1060. The number of carbonyl (C=O) groups is 2. The van der Waals surface area contributed by atoms with Gasteiger partial charge in [0.15, 0.2) is 5.58 Å². The Kier molecular flexibility index (Phi) is 6.97. The minimum atomic E-state index is -0.929. The van der Waals surface area contributed by atoms with Gasteiger partial charge in [0.25, 0.3) is 5.91 Å². The summed E-state index contributed by atoms with van der Waals surface area (Å²) in [5.74, 6) is 0.729. The molecule has 7 nitrogen and oxygen atoms in total. The first kappa shape index (κ1) is 24.4. The van der Waals surface area contributed by atoms with Crippen LogP contribution >= 0.6 is 0 Å². The van der Waals surface area contributed by atoms with Crippen LogP contribution in [0.3, 0.4) is 0 Å². The predicted molar refractivity (Wildman–Crippen MR) is 138 cm³/mol. The zero-order valence-electron chi connectivity index (χ0n) is 21.8. The summed E-state index contributed by atoms with van der Waals surface area (Å²) in [6.07, 6.45) is 13.0. The average Bonchev–Trinajstić information content (AvgIpc) is 3.38. The molecule has 5 rings (SSSR count). The Morgan fingerprint density at radius 3 is 2.51 bits per heavy atom. The third-order valence-corrected chi connectivity index (χ3v) is 8.76. The van der Waals surface area contributed by atoms with Crippen LogP contribution in [0, 0.1) is 6.92 Å². The molecule has 2 saturated carbocycles. The van der Waals surface area contributed by atoms with E-state index in [0.717, 1.165) is 55.5 Å². The number of furan rings is 1. The highest BCUT2D eigenvalue weighted by atomic mass is 16.3. The normalized spacial score (nSPS) is 24.3. The van der Waals surface area contributed by atoms with Crippen molar-refractivity contribution < 1.29 is 14.0 Å². The fourth-order valence-corrected chi connectivity index (χ4v) is 6.58. The molecule has 3 aliphatic rings. The Morgan fingerprint density at radius 1 is 1.11 bits per heavy atom. The number of carbonyl (C=O) groups excluding carboxylic acids is 2. The number of nitrogens with one attached hydrogen (secondary N) is 1. The molecule has 2 fully saturated rings. The van der Waals surface area contributed by atoms with Crippen LogP contribution in [0.4, 0.5) is 0 Å². The van der Waals surface area contributed by atoms with Crippen molar-refractivity contribution >= 4 is 22.9 Å². The van der Waals surface area contributed by atoms with Gasteiger partial charge in [-0.15, -0.1) is 0 Å². The van der Waals surface area contributed by atoms with Crippen LogP contribution in [-0.2, 0) is 11.3 Å². The molecule has 2 aromatic heterocycles. The third-order valence-electron chi connectivity index (χ3n) is 8.76. The number of rotatable bonds is 7. The SMILES string of the molecule is Cc1cc2c(cc3n2C[C@](C)(C(=O)NC2CCCCC2)N(CCCN(C)C2CCCCC2)C3=O)o1. The molecule has 35 heavy (non-hydrogen) atoms. The molecule has 3 heterocycles. The minimum absolute atomic E-state index is 0.0221. The molecule has 2 aromatic rings. The summed E-state index contributed by atoms with van der Waals surface area (Å²) in [5.41, 5.74) is 1.32. The molecular weight excluding hydrogens is 440 g/mol. The standard InChI is InChI=1S/C28H42N4O3/c1-20-17-23-25(35-20)18-24-26(33)32(16-10-15-30(3)22-13-8-5-9-14-22)28(2,19-31(23)24)27(34)29-21-11-6-4-7-12-21/h17-18,21-22H,4-16,19H2,1-3H3,(H,29,34)/t28-/m1/s1. The lowest BCUT2D eigenvalue weighted by molar-refractivity contribution is -0.133. The smallest absolute Gasteiger partial charge is 0.271 e. The first-order valence-corrected chi connectivity index (χ1v) is 13.8. The number of hydrogen-bond acceptors (Lipinski definition) is 4. The van der Waals surface area contributed by atoms with Crippen molar-refractivity contribution in [3.63, 3.8) is 0 Å². The molecule has 2 aliphatic carbocycles. The zero-order chi connectivity index (χ0) is 24.6. The van der Waals surface area contributed by atoms with Gasteiger partial charge in [-0.25, -0.2) is 0 Å². The summed E-state index contributed by atoms with van der Waals surface area (Å²) in [4.78, 5) is 32.0. The van der Waals surface area contributed by atoms with Crippen LogP contribution in [0.5, 0.6) is 0 Å². The van der Waals surface area contributed by atoms with Gasteiger partial charge in [0.05, 0.1) is 12.1 Å². The summed E-state index contributed by atoms with van der Waals surface area (Å²) in [6, 6.07) is 4.68. The lowest BCUT2D eigenvalue weighted by Crippen LogP contribution is -2.65. The molecule has 1 N–H and O–H groups in total. The van der Waals surface area contributed by atoms with Gasteiger partial charge in [0.2, 0.25) is 5.91 Å². The van der Waals surface area contributed by atoms with Gasteiger partial charge in [0, 0.05) is 30.8 Å². The second-order valence-electron chi connectivity index (χ2n) is 11.4. The first-order valence-electron chi connectivity index (χ1n) is 13.8. The van der Waals surface area contributed by atoms with Gasteiger partial charge in [0.1, 0.15) is 17.0 Å². The van der Waals surface area contributed by atoms with E-state index >= 15 is 0 Å². The fraction of sp³-hybridized carbons (Fsp3) is 0.714. The van der Waals surface area contributed by atoms with E-state index in [1.165, 1.54) is 38.5 Å². The van der Waals surface area contributed by atoms with Crippen LogP contribution in [-0.4, -0.2) is 63.9 Å². The lowest BCUT2D eigenvalue weighted by Gasteiger charge is -2.45. The number of aryl methyl sites for hydroxylation is 1. The quantitative estimate of drug-likeness (QED) is 0.612. The number of hydrogen-bond donors (Lipinski definition) is 1. The molecule has 1 atom stereocenters. The monoisotopic (exact) mass is 482 g/mol. The molecule has 7 heteroatoms. The first-order chi connectivity index (χ1) is 16.9. The largest absolute Gasteiger partial charge is 0.460 e. The summed E-state index contributed by atoms with van der Waals surface area (Å²) < 4.78 is 7.83. The van der Waals surface area contributed by atoms with Crippen molar-refractivity contribution in [2.75, 3.05) is 20.1 Å². The molecule has 2 amide bonds. The third kappa shape index (κ3) is 4.76. The van der Waals surface area contributed by atoms with Crippen molar-refractivity contribution in [1.29, 1.82) is 0 Å². The van der Waals surface area contributed by atoms with Crippen molar-refractivity contribution in [1.82, 2.24) is 19.7 Å².